The van der Waals surface area contributed by atoms with Gasteiger partial charge in [-0.2, -0.15) is 0 Å². The molecule has 1 atom stereocenters. The number of hydrogen-bond donors (Lipinski definition) is 1. The third-order valence-corrected chi connectivity index (χ3v) is 3.72. The molecule has 0 spiro atoms. The van der Waals surface area contributed by atoms with Crippen molar-refractivity contribution in [2.75, 3.05) is 13.1 Å². The molecule has 0 bridgehead atoms. The Bertz CT molecular complexity index is 386. The summed E-state index contributed by atoms with van der Waals surface area (Å²) in [5.74, 6) is 0.430. The summed E-state index contributed by atoms with van der Waals surface area (Å²) in [5.41, 5.74) is 0.802. The van der Waals surface area contributed by atoms with Crippen molar-refractivity contribution in [2.24, 2.45) is 5.92 Å². The van der Waals surface area contributed by atoms with E-state index >= 15 is 0 Å². The largest absolute Gasteiger partial charge is 0.387 e. The van der Waals surface area contributed by atoms with Crippen molar-refractivity contribution >= 4 is 0 Å². The third kappa shape index (κ3) is 4.59. The monoisotopic (exact) mass is 265 g/mol. The van der Waals surface area contributed by atoms with E-state index < -0.39 is 6.10 Å². The van der Waals surface area contributed by atoms with Gasteiger partial charge in [0.2, 0.25) is 0 Å². The van der Waals surface area contributed by atoms with Gasteiger partial charge < -0.3 is 5.11 Å². The van der Waals surface area contributed by atoms with Crippen molar-refractivity contribution in [3.63, 3.8) is 0 Å². The maximum Gasteiger partial charge on any atom is 0.123 e. The topological polar surface area (TPSA) is 23.5 Å². The minimum absolute atomic E-state index is 0.255. The molecular formula is C16H24FNO. The van der Waals surface area contributed by atoms with Gasteiger partial charge in [0.05, 0.1) is 6.10 Å². The fraction of sp³-hybridized carbons (Fsp3) is 0.625. The van der Waals surface area contributed by atoms with E-state index in [2.05, 4.69) is 18.7 Å². The maximum absolute atomic E-state index is 12.9. The van der Waals surface area contributed by atoms with Gasteiger partial charge in [-0.15, -0.1) is 0 Å². The lowest BCUT2D eigenvalue weighted by molar-refractivity contribution is 0.105. The highest BCUT2D eigenvalue weighted by atomic mass is 19.1. The molecule has 0 heterocycles. The van der Waals surface area contributed by atoms with Crippen LogP contribution in [0.1, 0.15) is 44.8 Å². The molecule has 0 radical (unpaired) electrons. The highest BCUT2D eigenvalue weighted by Gasteiger charge is 2.30. The van der Waals surface area contributed by atoms with E-state index in [1.807, 2.05) is 0 Å². The molecule has 1 aromatic carbocycles. The highest BCUT2D eigenvalue weighted by molar-refractivity contribution is 5.18. The Balaban J connectivity index is 1.90. The second-order valence-corrected chi connectivity index (χ2v) is 5.98. The molecule has 1 fully saturated rings. The molecule has 1 aliphatic carbocycles. The van der Waals surface area contributed by atoms with Crippen molar-refractivity contribution < 1.29 is 9.50 Å². The number of benzene rings is 1. The molecule has 0 saturated heterocycles. The van der Waals surface area contributed by atoms with Gasteiger partial charge in [0.15, 0.2) is 0 Å². The maximum atomic E-state index is 12.9. The standard InChI is InChI=1S/C16H24FNO/c1-12(2)9-10-18(15-7-8-15)11-16(19)13-3-5-14(17)6-4-13/h3-6,12,15-16,19H,7-11H2,1-2H3. The summed E-state index contributed by atoms with van der Waals surface area (Å²) in [6.45, 7) is 6.15. The second kappa shape index (κ2) is 6.49. The van der Waals surface area contributed by atoms with Crippen LogP contribution in [0.2, 0.25) is 0 Å². The molecule has 19 heavy (non-hydrogen) atoms. The summed E-state index contributed by atoms with van der Waals surface area (Å²) in [6, 6.07) is 6.82. The van der Waals surface area contributed by atoms with Crippen LogP contribution in [0.15, 0.2) is 24.3 Å². The Kier molecular flexibility index (Phi) is 4.94. The molecule has 106 valence electrons. The average Bonchev–Trinajstić information content (AvgIpc) is 3.19. The number of rotatable bonds is 7. The summed E-state index contributed by atoms with van der Waals surface area (Å²) in [7, 11) is 0. The quantitative estimate of drug-likeness (QED) is 0.817. The normalized spacial score (nSPS) is 17.2. The van der Waals surface area contributed by atoms with Crippen LogP contribution >= 0.6 is 0 Å². The molecule has 1 aliphatic rings. The predicted octanol–water partition coefficient (Wildman–Crippen LogP) is 3.37. The number of aliphatic hydroxyl groups is 1. The van der Waals surface area contributed by atoms with Gasteiger partial charge in [0.1, 0.15) is 5.82 Å². The predicted molar refractivity (Wildman–Crippen MR) is 75.4 cm³/mol. The first kappa shape index (κ1) is 14.5. The van der Waals surface area contributed by atoms with Crippen LogP contribution in [0.3, 0.4) is 0 Å². The molecular weight excluding hydrogens is 241 g/mol. The first-order valence-electron chi connectivity index (χ1n) is 7.24. The summed E-state index contributed by atoms with van der Waals surface area (Å²) >= 11 is 0. The minimum atomic E-state index is -0.520. The zero-order valence-electron chi connectivity index (χ0n) is 11.8. The van der Waals surface area contributed by atoms with Crippen molar-refractivity contribution in [3.05, 3.63) is 35.6 Å². The van der Waals surface area contributed by atoms with Gasteiger partial charge in [0, 0.05) is 12.6 Å². The zero-order valence-corrected chi connectivity index (χ0v) is 11.8. The van der Waals surface area contributed by atoms with Crippen LogP contribution in [0.5, 0.6) is 0 Å². The number of hydrogen-bond acceptors (Lipinski definition) is 2. The first-order valence-corrected chi connectivity index (χ1v) is 7.24. The van der Waals surface area contributed by atoms with Crippen LogP contribution in [0.4, 0.5) is 4.39 Å². The summed E-state index contributed by atoms with van der Waals surface area (Å²) in [5, 5.41) is 10.3. The number of halogens is 1. The van der Waals surface area contributed by atoms with Gasteiger partial charge >= 0.3 is 0 Å². The Labute approximate surface area is 115 Å². The van der Waals surface area contributed by atoms with E-state index in [0.29, 0.717) is 18.5 Å². The molecule has 1 N–H and O–H groups in total. The smallest absolute Gasteiger partial charge is 0.123 e. The van der Waals surface area contributed by atoms with E-state index in [9.17, 15) is 9.50 Å². The molecule has 3 heteroatoms. The first-order chi connectivity index (χ1) is 9.06. The van der Waals surface area contributed by atoms with Crippen LogP contribution in [-0.2, 0) is 0 Å². The molecule has 0 aliphatic heterocycles. The van der Waals surface area contributed by atoms with Crippen LogP contribution in [0.25, 0.3) is 0 Å². The van der Waals surface area contributed by atoms with Crippen LogP contribution < -0.4 is 0 Å². The van der Waals surface area contributed by atoms with Gasteiger partial charge in [-0.3, -0.25) is 4.90 Å². The number of aliphatic hydroxyl groups excluding tert-OH is 1. The summed E-state index contributed by atoms with van der Waals surface area (Å²) < 4.78 is 12.9. The summed E-state index contributed by atoms with van der Waals surface area (Å²) in [6.07, 6.45) is 3.13. The molecule has 2 rings (SSSR count). The molecule has 1 aromatic rings. The highest BCUT2D eigenvalue weighted by Crippen LogP contribution is 2.29. The SMILES string of the molecule is CC(C)CCN(CC(O)c1ccc(F)cc1)C1CC1. The molecule has 0 aromatic heterocycles. The van der Waals surface area contributed by atoms with Gasteiger partial charge in [-0.05, 0) is 49.4 Å². The second-order valence-electron chi connectivity index (χ2n) is 5.98. The molecule has 2 nitrogen and oxygen atoms in total. The minimum Gasteiger partial charge on any atom is -0.387 e. The fourth-order valence-electron chi connectivity index (χ4n) is 2.30. The van der Waals surface area contributed by atoms with Gasteiger partial charge in [-0.25, -0.2) is 4.39 Å². The van der Waals surface area contributed by atoms with Crippen molar-refractivity contribution in [3.8, 4) is 0 Å². The molecule has 1 unspecified atom stereocenters. The van der Waals surface area contributed by atoms with E-state index in [0.717, 1.165) is 18.5 Å². The third-order valence-electron chi connectivity index (χ3n) is 3.72. The zero-order chi connectivity index (χ0) is 13.8. The Morgan fingerprint density at radius 3 is 2.42 bits per heavy atom. The lowest BCUT2D eigenvalue weighted by atomic mass is 10.1. The van der Waals surface area contributed by atoms with E-state index in [4.69, 9.17) is 0 Å². The van der Waals surface area contributed by atoms with E-state index in [1.54, 1.807) is 12.1 Å². The van der Waals surface area contributed by atoms with Gasteiger partial charge in [0.25, 0.3) is 0 Å². The molecule has 1 saturated carbocycles. The summed E-state index contributed by atoms with van der Waals surface area (Å²) in [4.78, 5) is 2.38. The van der Waals surface area contributed by atoms with Crippen molar-refractivity contribution in [1.82, 2.24) is 4.90 Å². The lowest BCUT2D eigenvalue weighted by Crippen LogP contribution is -2.32. The molecule has 0 amide bonds. The Hall–Kier alpha value is -0.930. The van der Waals surface area contributed by atoms with Crippen molar-refractivity contribution in [1.29, 1.82) is 0 Å². The van der Waals surface area contributed by atoms with E-state index in [-0.39, 0.29) is 5.82 Å². The van der Waals surface area contributed by atoms with Crippen LogP contribution in [-0.4, -0.2) is 29.1 Å². The Morgan fingerprint density at radius 2 is 1.89 bits per heavy atom. The van der Waals surface area contributed by atoms with E-state index in [1.165, 1.54) is 25.0 Å². The Morgan fingerprint density at radius 1 is 1.26 bits per heavy atom. The van der Waals surface area contributed by atoms with Gasteiger partial charge in [-0.1, -0.05) is 26.0 Å². The number of nitrogens with zero attached hydrogens (tertiary/aromatic N) is 1. The van der Waals surface area contributed by atoms with Crippen LogP contribution in [0, 0.1) is 11.7 Å². The fourth-order valence-corrected chi connectivity index (χ4v) is 2.30. The average molecular weight is 265 g/mol. The lowest BCUT2D eigenvalue weighted by Gasteiger charge is -2.25. The van der Waals surface area contributed by atoms with Crippen molar-refractivity contribution in [2.45, 2.75) is 45.3 Å².